The highest BCUT2D eigenvalue weighted by Gasteiger charge is 2.44. The number of aromatic nitrogens is 4. The van der Waals surface area contributed by atoms with Crippen molar-refractivity contribution >= 4 is 88.4 Å². The fraction of sp³-hybridized carbons (Fsp3) is 0.507. The Morgan fingerprint density at radius 1 is 0.625 bits per heavy atom. The molecular weight excluding hydrogens is 1420 g/mol. The molecule has 6 atom stereocenters. The molecule has 104 heavy (non-hydrogen) atoms. The van der Waals surface area contributed by atoms with Crippen molar-refractivity contribution in [1.82, 2.24) is 39.0 Å². The van der Waals surface area contributed by atoms with E-state index in [0.717, 1.165) is 55.2 Å². The number of nitrogens with zero attached hydrogens (tertiary/aromatic N) is 9. The summed E-state index contributed by atoms with van der Waals surface area (Å²) in [4.78, 5) is 78.5. The number of nitrogens with one attached hydrogen (secondary N) is 3. The minimum absolute atomic E-state index is 0.0423. The molecule has 562 valence electrons. The lowest BCUT2D eigenvalue weighted by molar-refractivity contribution is -0.274. The molecular formula is C73H93ClF3N13O11S3. The van der Waals surface area contributed by atoms with Gasteiger partial charge in [-0.3, -0.25) is 19.2 Å². The van der Waals surface area contributed by atoms with Gasteiger partial charge in [0, 0.05) is 97.4 Å². The number of piperidine rings is 2. The third-order valence-corrected chi connectivity index (χ3v) is 24.6. The van der Waals surface area contributed by atoms with Crippen LogP contribution in [0.1, 0.15) is 152 Å². The number of nitrogens with two attached hydrogens (primary N) is 1. The van der Waals surface area contributed by atoms with E-state index in [0.29, 0.717) is 95.2 Å². The highest BCUT2D eigenvalue weighted by atomic mass is 35.5. The van der Waals surface area contributed by atoms with E-state index < -0.39 is 82.2 Å². The van der Waals surface area contributed by atoms with Gasteiger partial charge in [-0.25, -0.2) is 46.2 Å². The first kappa shape index (κ1) is 78.6. The number of sulfone groups is 1. The number of alkyl halides is 3. The van der Waals surface area contributed by atoms with Crippen molar-refractivity contribution in [2.75, 3.05) is 77.7 Å². The van der Waals surface area contributed by atoms with E-state index in [-0.39, 0.29) is 64.5 Å². The van der Waals surface area contributed by atoms with E-state index in [1.165, 1.54) is 42.8 Å². The summed E-state index contributed by atoms with van der Waals surface area (Å²) in [7, 11) is -12.2. The van der Waals surface area contributed by atoms with E-state index in [9.17, 15) is 57.6 Å². The molecule has 5 N–H and O–H groups in total. The minimum atomic E-state index is -4.85. The summed E-state index contributed by atoms with van der Waals surface area (Å²) in [6, 6.07) is 26.9. The summed E-state index contributed by atoms with van der Waals surface area (Å²) in [6.45, 7) is 25.5. The minimum Gasteiger partial charge on any atom is -0.406 e. The number of hydrogen-bond acceptors (Lipinski definition) is 20. The zero-order chi connectivity index (χ0) is 75.6. The summed E-state index contributed by atoms with van der Waals surface area (Å²) in [5.74, 6) is -0.146. The van der Waals surface area contributed by atoms with Crippen LogP contribution >= 0.6 is 11.6 Å². The number of rotatable bonds is 17. The van der Waals surface area contributed by atoms with Crippen molar-refractivity contribution in [3.8, 4) is 28.3 Å². The van der Waals surface area contributed by atoms with Crippen LogP contribution < -0.4 is 44.8 Å². The fourth-order valence-electron chi connectivity index (χ4n) is 15.1. The number of ether oxygens (including phenoxy) is 1. The lowest BCUT2D eigenvalue weighted by Gasteiger charge is -2.34. The molecule has 6 fully saturated rings. The zero-order valence-corrected chi connectivity index (χ0v) is 63.4. The Balaban J connectivity index is 0.000000168. The third kappa shape index (κ3) is 18.8. The summed E-state index contributed by atoms with van der Waals surface area (Å²) in [5.41, 5.74) is 7.67. The molecule has 6 aliphatic heterocycles. The van der Waals surface area contributed by atoms with Crippen molar-refractivity contribution in [3.63, 3.8) is 0 Å². The van der Waals surface area contributed by atoms with Gasteiger partial charge >= 0.3 is 16.6 Å². The Hall–Kier alpha value is -8.03. The molecule has 0 radical (unpaired) electrons. The highest BCUT2D eigenvalue weighted by Crippen LogP contribution is 2.42. The average Bonchev–Trinajstić information content (AvgIpc) is 1.58. The number of carbonyl (C=O) groups is 4. The fourth-order valence-corrected chi connectivity index (χ4v) is 19.0. The van der Waals surface area contributed by atoms with Gasteiger partial charge in [-0.2, -0.15) is 12.7 Å². The van der Waals surface area contributed by atoms with Crippen molar-refractivity contribution in [3.05, 3.63) is 131 Å². The third-order valence-electron chi connectivity index (χ3n) is 19.7. The topological polar surface area (TPSA) is 310 Å². The Bertz CT molecular complexity index is 4540. The lowest BCUT2D eigenvalue weighted by Crippen LogP contribution is -2.50. The molecule has 10 heterocycles. The first-order valence-corrected chi connectivity index (χ1v) is 40.0. The molecule has 0 bridgehead atoms. The quantitative estimate of drug-likeness (QED) is 0.0617. The summed E-state index contributed by atoms with van der Waals surface area (Å²) >= 11 is 6.02. The monoisotopic (exact) mass is 1520 g/mol. The maximum atomic E-state index is 13.3. The van der Waals surface area contributed by atoms with Gasteiger partial charge in [-0.1, -0.05) is 69.6 Å². The maximum absolute atomic E-state index is 13.3. The van der Waals surface area contributed by atoms with E-state index in [2.05, 4.69) is 105 Å². The summed E-state index contributed by atoms with van der Waals surface area (Å²) < 4.78 is 125. The van der Waals surface area contributed by atoms with Crippen LogP contribution in [0.25, 0.3) is 22.5 Å². The van der Waals surface area contributed by atoms with Crippen LogP contribution in [0.2, 0.25) is 5.02 Å². The molecule has 0 spiro atoms. The van der Waals surface area contributed by atoms with E-state index in [1.54, 1.807) is 54.7 Å². The van der Waals surface area contributed by atoms with E-state index in [1.807, 2.05) is 36.9 Å². The molecule has 12 rings (SSSR count). The molecule has 0 saturated carbocycles. The first-order valence-electron chi connectivity index (χ1n) is 35.0. The Morgan fingerprint density at radius 2 is 1.19 bits per heavy atom. The Morgan fingerprint density at radius 3 is 1.73 bits per heavy atom. The Kier molecular flexibility index (Phi) is 23.6. The van der Waals surface area contributed by atoms with Crippen LogP contribution in [-0.4, -0.2) is 165 Å². The predicted octanol–water partition coefficient (Wildman–Crippen LogP) is 10.6. The molecule has 3 amide bonds. The number of amides is 3. The number of hydrogen-bond donors (Lipinski definition) is 4. The van der Waals surface area contributed by atoms with Gasteiger partial charge in [0.2, 0.25) is 25.8 Å². The molecule has 6 aliphatic rings. The second-order valence-electron chi connectivity index (χ2n) is 30.2. The van der Waals surface area contributed by atoms with Crippen molar-refractivity contribution in [2.24, 2.45) is 29.4 Å². The first-order chi connectivity index (χ1) is 48.7. The van der Waals surface area contributed by atoms with Gasteiger partial charge in [-0.15, -0.1) is 13.2 Å². The molecule has 31 heteroatoms. The van der Waals surface area contributed by atoms with Crippen molar-refractivity contribution < 1.29 is 62.3 Å². The highest BCUT2D eigenvalue weighted by molar-refractivity contribution is 7.92. The van der Waals surface area contributed by atoms with E-state index >= 15 is 0 Å². The number of ketones is 1. The molecule has 6 aromatic rings. The summed E-state index contributed by atoms with van der Waals surface area (Å²) in [6.07, 6.45) is 2.94. The smallest absolute Gasteiger partial charge is 0.406 e. The molecule has 0 aliphatic carbocycles. The second kappa shape index (κ2) is 31.2. The molecule has 2 aromatic carbocycles. The number of pyridine rings is 4. The molecule has 4 aromatic heterocycles. The number of halogens is 4. The maximum Gasteiger partial charge on any atom is 0.573 e. The van der Waals surface area contributed by atoms with Gasteiger partial charge < -0.3 is 35.4 Å². The molecule has 6 saturated heterocycles. The average molecular weight is 1520 g/mol. The second-order valence-corrected chi connectivity index (χ2v) is 36.1. The lowest BCUT2D eigenvalue weighted by atomic mass is 9.97. The van der Waals surface area contributed by atoms with Crippen LogP contribution in [0.15, 0.2) is 114 Å². The largest absolute Gasteiger partial charge is 0.573 e. The van der Waals surface area contributed by atoms with Crippen LogP contribution in [-0.2, 0) is 34.9 Å². The number of benzene rings is 2. The van der Waals surface area contributed by atoms with Crippen molar-refractivity contribution in [2.45, 2.75) is 160 Å². The summed E-state index contributed by atoms with van der Waals surface area (Å²) in [5, 5.41) is 1.81. The van der Waals surface area contributed by atoms with E-state index in [4.69, 9.17) is 22.3 Å². The predicted molar refractivity (Wildman–Crippen MR) is 395 cm³/mol. The van der Waals surface area contributed by atoms with Crippen LogP contribution in [0.4, 0.5) is 36.4 Å². The zero-order valence-electron chi connectivity index (χ0n) is 60.2. The SMILES string of the molecule is CC1CCCN(c2cccc(S(=O)(=O)CC(=O)c3cccnc3N3CC(C)CC3(C)C)n2)C1.C[C@@H]1CN(c2nc(-c3ccc(Cl)cc3)ccc2C(=O)NS(=O)(=O)C2CCCNC2=O)C(C)(C)C1.C[C@@H]1CN(c2nc(-c3cccc(OC(F)(F)F)c3)ccc2C(=O)NS(=O)(=O)N2CC[C@H](N)C2)C(C)(C)C1. The number of anilines is 4. The van der Waals surface area contributed by atoms with Gasteiger partial charge in [-0.05, 0) is 189 Å². The van der Waals surface area contributed by atoms with Gasteiger partial charge in [0.25, 0.3) is 11.8 Å². The van der Waals surface area contributed by atoms with Crippen LogP contribution in [0.3, 0.4) is 0 Å². The van der Waals surface area contributed by atoms with Crippen molar-refractivity contribution in [1.29, 1.82) is 0 Å². The van der Waals surface area contributed by atoms with Crippen LogP contribution in [0, 0.1) is 23.7 Å². The molecule has 3 unspecified atom stereocenters. The standard InChI is InChI=1S/C25H34N4O3S.C24H29ClN4O4S.C24H30F3N5O4S/c1-18-8-7-13-28(15-18)22-10-5-11-23(27-22)33(31,32)17-21(30)20-9-6-12-26-24(20)29-16-19(2)14-25(29,3)4;1-15-13-24(2,3)29(14-15)21-18(10-11-19(27-21)16-6-8-17(25)9-7-16)22(30)28-34(32,33)20-5-4-12-26-23(20)31;1-15-12-23(2,3)32(13-15)21-19(22(33)30-37(34,35)31-10-9-17(28)14-31)7-8-20(29-21)16-5-4-6-18(11-16)36-24(25,26)27/h5-6,9-12,18-19H,7-8,13-17H2,1-4H3;6-11,15,20H,4-5,12-14H2,1-3H3,(H,26,31)(H,28,30);4-8,11,15,17H,9-10,12-14,28H2,1-3H3,(H,30,33)/t;15-,20?;15-,17-/m.00/s1. The van der Waals surface area contributed by atoms with Gasteiger partial charge in [0.1, 0.15) is 34.8 Å². The Labute approximate surface area is 612 Å². The van der Waals surface area contributed by atoms with Gasteiger partial charge in [0.05, 0.1) is 28.1 Å². The van der Waals surface area contributed by atoms with Gasteiger partial charge in [0.15, 0.2) is 16.1 Å². The normalized spacial score (nSPS) is 22.5. The molecule has 24 nitrogen and oxygen atoms in total. The van der Waals surface area contributed by atoms with Crippen LogP contribution in [0.5, 0.6) is 5.75 Å². The number of carbonyl (C=O) groups excluding carboxylic acids is 4. The number of Topliss-reactive ketones (excluding diaryl/α,β-unsaturated/α-hetero) is 1. The number of sulfonamides is 1.